The topological polar surface area (TPSA) is 24.9 Å². The van der Waals surface area contributed by atoms with Crippen LogP contribution >= 0.6 is 0 Å². The minimum atomic E-state index is 0.235. The fourth-order valence-corrected chi connectivity index (χ4v) is 1.91. The highest BCUT2D eigenvalue weighted by Gasteiger charge is 2.22. The average Bonchev–Trinajstić information content (AvgIpc) is 2.48. The molecule has 1 aromatic rings. The van der Waals surface area contributed by atoms with Crippen LogP contribution in [-0.2, 0) is 11.8 Å². The van der Waals surface area contributed by atoms with Crippen LogP contribution in [-0.4, -0.2) is 11.5 Å². The highest BCUT2D eigenvalue weighted by Crippen LogP contribution is 2.31. The lowest BCUT2D eigenvalue weighted by atomic mass is 9.84. The molecule has 0 radical (unpaired) electrons. The van der Waals surface area contributed by atoms with Crippen molar-refractivity contribution in [3.8, 4) is 0 Å². The Bertz CT molecular complexity index is 323. The molecule has 1 aromatic heterocycles. The zero-order valence-corrected chi connectivity index (χ0v) is 8.52. The molecule has 2 heterocycles. The summed E-state index contributed by atoms with van der Waals surface area (Å²) in [7, 11) is 0. The van der Waals surface area contributed by atoms with Gasteiger partial charge in [-0.15, -0.1) is 0 Å². The Labute approximate surface area is 79.4 Å². The van der Waals surface area contributed by atoms with Gasteiger partial charge >= 0.3 is 0 Å². The van der Waals surface area contributed by atoms with Crippen molar-refractivity contribution >= 4 is 5.82 Å². The van der Waals surface area contributed by atoms with E-state index in [9.17, 15) is 0 Å². The summed E-state index contributed by atoms with van der Waals surface area (Å²) in [5, 5.41) is 3.30. The van der Waals surface area contributed by atoms with Gasteiger partial charge in [0.25, 0.3) is 0 Å². The van der Waals surface area contributed by atoms with Crippen LogP contribution in [0.1, 0.15) is 31.9 Å². The molecule has 0 amide bonds. The van der Waals surface area contributed by atoms with Crippen LogP contribution in [0.15, 0.2) is 12.3 Å². The summed E-state index contributed by atoms with van der Waals surface area (Å²) in [6.45, 7) is 7.79. The number of aromatic nitrogens is 1. The Hall–Kier alpha value is -1.05. The quantitative estimate of drug-likeness (QED) is 0.656. The summed E-state index contributed by atoms with van der Waals surface area (Å²) < 4.78 is 0. The molecule has 2 nitrogen and oxygen atoms in total. The molecule has 13 heavy (non-hydrogen) atoms. The van der Waals surface area contributed by atoms with E-state index in [0.29, 0.717) is 0 Å². The molecule has 0 saturated carbocycles. The minimum Gasteiger partial charge on any atom is -0.370 e. The number of hydrogen-bond donors (Lipinski definition) is 1. The van der Waals surface area contributed by atoms with Crippen LogP contribution < -0.4 is 5.32 Å². The molecule has 2 heteroatoms. The van der Waals surface area contributed by atoms with Gasteiger partial charge in [0.05, 0.1) is 0 Å². The monoisotopic (exact) mass is 176 g/mol. The van der Waals surface area contributed by atoms with Crippen molar-refractivity contribution in [1.29, 1.82) is 0 Å². The SMILES string of the molecule is CC(C)(C)c1ccnc2c1CCN2. The predicted octanol–water partition coefficient (Wildman–Crippen LogP) is 2.35. The Kier molecular flexibility index (Phi) is 1.79. The first-order valence-corrected chi connectivity index (χ1v) is 4.81. The highest BCUT2D eigenvalue weighted by atomic mass is 15.0. The zero-order valence-electron chi connectivity index (χ0n) is 8.52. The molecule has 2 rings (SSSR count). The van der Waals surface area contributed by atoms with Gasteiger partial charge in [-0.05, 0) is 29.0 Å². The van der Waals surface area contributed by atoms with Gasteiger partial charge in [-0.1, -0.05) is 20.8 Å². The van der Waals surface area contributed by atoms with Crippen LogP contribution in [0.2, 0.25) is 0 Å². The molecule has 0 aliphatic carbocycles. The Morgan fingerprint density at radius 2 is 2.15 bits per heavy atom. The summed E-state index contributed by atoms with van der Waals surface area (Å²) in [6, 6.07) is 2.14. The van der Waals surface area contributed by atoms with Crippen molar-refractivity contribution in [3.63, 3.8) is 0 Å². The second-order valence-corrected chi connectivity index (χ2v) is 4.61. The Balaban J connectivity index is 2.54. The van der Waals surface area contributed by atoms with Gasteiger partial charge in [-0.2, -0.15) is 0 Å². The fraction of sp³-hybridized carbons (Fsp3) is 0.545. The number of rotatable bonds is 0. The number of fused-ring (bicyclic) bond motifs is 1. The molecule has 0 atom stereocenters. The second-order valence-electron chi connectivity index (χ2n) is 4.61. The molecule has 0 spiro atoms. The smallest absolute Gasteiger partial charge is 0.129 e. The molecular formula is C11H16N2. The van der Waals surface area contributed by atoms with Crippen LogP contribution in [0.5, 0.6) is 0 Å². The van der Waals surface area contributed by atoms with Crippen LogP contribution in [0.25, 0.3) is 0 Å². The number of hydrogen-bond acceptors (Lipinski definition) is 2. The molecule has 1 aliphatic heterocycles. The maximum absolute atomic E-state index is 4.32. The number of anilines is 1. The zero-order chi connectivity index (χ0) is 9.47. The first kappa shape index (κ1) is 8.54. The Morgan fingerprint density at radius 3 is 2.85 bits per heavy atom. The Morgan fingerprint density at radius 1 is 1.38 bits per heavy atom. The van der Waals surface area contributed by atoms with Crippen molar-refractivity contribution in [2.24, 2.45) is 0 Å². The van der Waals surface area contributed by atoms with Crippen LogP contribution in [0.4, 0.5) is 5.82 Å². The molecule has 1 N–H and O–H groups in total. The summed E-state index contributed by atoms with van der Waals surface area (Å²) in [6.07, 6.45) is 3.02. The normalized spacial score (nSPS) is 15.3. The van der Waals surface area contributed by atoms with E-state index in [4.69, 9.17) is 0 Å². The predicted molar refractivity (Wildman–Crippen MR) is 55.1 cm³/mol. The maximum atomic E-state index is 4.32. The van der Waals surface area contributed by atoms with Crippen molar-refractivity contribution in [2.75, 3.05) is 11.9 Å². The minimum absolute atomic E-state index is 0.235. The molecule has 1 aliphatic rings. The molecular weight excluding hydrogens is 160 g/mol. The number of pyridine rings is 1. The van der Waals surface area contributed by atoms with E-state index in [1.165, 1.54) is 11.1 Å². The summed E-state index contributed by atoms with van der Waals surface area (Å²) in [5.74, 6) is 1.09. The third-order valence-electron chi connectivity index (χ3n) is 2.53. The molecule has 0 saturated heterocycles. The van der Waals surface area contributed by atoms with Gasteiger partial charge in [0.2, 0.25) is 0 Å². The first-order chi connectivity index (χ1) is 6.09. The summed E-state index contributed by atoms with van der Waals surface area (Å²) >= 11 is 0. The first-order valence-electron chi connectivity index (χ1n) is 4.81. The average molecular weight is 176 g/mol. The van der Waals surface area contributed by atoms with Gasteiger partial charge in [0.15, 0.2) is 0 Å². The van der Waals surface area contributed by atoms with Crippen molar-refractivity contribution in [1.82, 2.24) is 4.98 Å². The highest BCUT2D eigenvalue weighted by molar-refractivity contribution is 5.54. The second kappa shape index (κ2) is 2.72. The van der Waals surface area contributed by atoms with E-state index in [1.807, 2.05) is 6.20 Å². The standard InChI is InChI=1S/C11H16N2/c1-11(2,3)9-5-7-13-10-8(9)4-6-12-10/h5,7H,4,6H2,1-3H3,(H,12,13). The maximum Gasteiger partial charge on any atom is 0.129 e. The third-order valence-corrected chi connectivity index (χ3v) is 2.53. The van der Waals surface area contributed by atoms with E-state index in [0.717, 1.165) is 18.8 Å². The number of nitrogens with zero attached hydrogens (tertiary/aromatic N) is 1. The van der Waals surface area contributed by atoms with Gasteiger partial charge in [0.1, 0.15) is 5.82 Å². The van der Waals surface area contributed by atoms with Crippen molar-refractivity contribution < 1.29 is 0 Å². The number of nitrogens with one attached hydrogen (secondary N) is 1. The van der Waals surface area contributed by atoms with E-state index in [-0.39, 0.29) is 5.41 Å². The summed E-state index contributed by atoms with van der Waals surface area (Å²) in [5.41, 5.74) is 3.08. The van der Waals surface area contributed by atoms with Gasteiger partial charge in [0, 0.05) is 12.7 Å². The lowest BCUT2D eigenvalue weighted by molar-refractivity contribution is 0.584. The van der Waals surface area contributed by atoms with Gasteiger partial charge < -0.3 is 5.32 Å². The molecule has 0 aromatic carbocycles. The van der Waals surface area contributed by atoms with E-state index in [2.05, 4.69) is 37.1 Å². The van der Waals surface area contributed by atoms with Gasteiger partial charge in [-0.3, -0.25) is 0 Å². The van der Waals surface area contributed by atoms with Gasteiger partial charge in [-0.25, -0.2) is 4.98 Å². The molecule has 0 bridgehead atoms. The fourth-order valence-electron chi connectivity index (χ4n) is 1.91. The van der Waals surface area contributed by atoms with Crippen LogP contribution in [0, 0.1) is 0 Å². The summed E-state index contributed by atoms with van der Waals surface area (Å²) in [4.78, 5) is 4.32. The largest absolute Gasteiger partial charge is 0.370 e. The van der Waals surface area contributed by atoms with E-state index in [1.54, 1.807) is 0 Å². The third kappa shape index (κ3) is 1.41. The van der Waals surface area contributed by atoms with Crippen LogP contribution in [0.3, 0.4) is 0 Å². The van der Waals surface area contributed by atoms with E-state index < -0.39 is 0 Å². The lowest BCUT2D eigenvalue weighted by Crippen LogP contribution is -2.13. The molecule has 0 unspecified atom stereocenters. The van der Waals surface area contributed by atoms with Crippen molar-refractivity contribution in [2.45, 2.75) is 32.6 Å². The van der Waals surface area contributed by atoms with Crippen molar-refractivity contribution in [3.05, 3.63) is 23.4 Å². The lowest BCUT2D eigenvalue weighted by Gasteiger charge is -2.21. The molecule has 0 fully saturated rings. The molecule has 70 valence electrons. The van der Waals surface area contributed by atoms with E-state index >= 15 is 0 Å².